The van der Waals surface area contributed by atoms with Crippen LogP contribution in [0.2, 0.25) is 0 Å². The second-order valence-corrected chi connectivity index (χ2v) is 6.40. The Morgan fingerprint density at radius 1 is 1.33 bits per heavy atom. The number of nitrogens with one attached hydrogen (secondary N) is 3. The van der Waals surface area contributed by atoms with Gasteiger partial charge in [-0.05, 0) is 50.0 Å². The summed E-state index contributed by atoms with van der Waals surface area (Å²) in [4.78, 5) is 35.6. The Morgan fingerprint density at radius 3 is 2.79 bits per heavy atom. The van der Waals surface area contributed by atoms with Crippen molar-refractivity contribution in [3.8, 4) is 0 Å². The van der Waals surface area contributed by atoms with Gasteiger partial charge in [0.05, 0.1) is 11.6 Å². The zero-order chi connectivity index (χ0) is 17.2. The number of anilines is 1. The van der Waals surface area contributed by atoms with E-state index >= 15 is 0 Å². The quantitative estimate of drug-likeness (QED) is 0.736. The highest BCUT2D eigenvalue weighted by Gasteiger charge is 2.48. The van der Waals surface area contributed by atoms with Crippen LogP contribution < -0.4 is 16.0 Å². The summed E-state index contributed by atoms with van der Waals surface area (Å²) >= 11 is 0. The van der Waals surface area contributed by atoms with Crippen molar-refractivity contribution < 1.29 is 14.4 Å². The van der Waals surface area contributed by atoms with Crippen molar-refractivity contribution in [2.24, 2.45) is 0 Å². The molecule has 1 unspecified atom stereocenters. The standard InChI is InChI=1S/C18H21N3O3/c1-2-15(22)19-13-6-3-5-12(11-13)17(24)20-14-7-8-16(23)21-18(14)9-4-10-18/h2-3,5-6,11,14H,1,4,7-10H2,(H,19,22)(H,20,24)(H,21,23). The van der Waals surface area contributed by atoms with Gasteiger partial charge in [-0.1, -0.05) is 12.6 Å². The zero-order valence-electron chi connectivity index (χ0n) is 13.4. The van der Waals surface area contributed by atoms with Gasteiger partial charge >= 0.3 is 0 Å². The van der Waals surface area contributed by atoms with Crippen LogP contribution in [0.25, 0.3) is 0 Å². The second-order valence-electron chi connectivity index (χ2n) is 6.40. The lowest BCUT2D eigenvalue weighted by molar-refractivity contribution is -0.127. The van der Waals surface area contributed by atoms with Crippen molar-refractivity contribution in [1.29, 1.82) is 0 Å². The lowest BCUT2D eigenvalue weighted by Crippen LogP contribution is -2.68. The molecule has 1 aromatic rings. The second kappa shape index (κ2) is 6.47. The third-order valence-corrected chi connectivity index (χ3v) is 4.84. The molecule has 6 nitrogen and oxygen atoms in total. The molecule has 1 spiro atoms. The first-order valence-electron chi connectivity index (χ1n) is 8.18. The number of carbonyl (C=O) groups is 3. The van der Waals surface area contributed by atoms with E-state index in [1.807, 2.05) is 0 Å². The van der Waals surface area contributed by atoms with Crippen molar-refractivity contribution in [2.75, 3.05) is 5.32 Å². The van der Waals surface area contributed by atoms with E-state index in [4.69, 9.17) is 0 Å². The number of hydrogen-bond donors (Lipinski definition) is 3. The van der Waals surface area contributed by atoms with Crippen LogP contribution >= 0.6 is 0 Å². The predicted molar refractivity (Wildman–Crippen MR) is 90.5 cm³/mol. The van der Waals surface area contributed by atoms with E-state index < -0.39 is 0 Å². The average Bonchev–Trinajstić information content (AvgIpc) is 2.55. The Balaban J connectivity index is 1.70. The molecule has 0 radical (unpaired) electrons. The summed E-state index contributed by atoms with van der Waals surface area (Å²) in [7, 11) is 0. The van der Waals surface area contributed by atoms with E-state index in [-0.39, 0.29) is 29.3 Å². The smallest absolute Gasteiger partial charge is 0.251 e. The number of amides is 3. The molecule has 1 atom stereocenters. The predicted octanol–water partition coefficient (Wildman–Crippen LogP) is 1.74. The molecular formula is C18H21N3O3. The first kappa shape index (κ1) is 16.2. The Bertz CT molecular complexity index is 695. The third-order valence-electron chi connectivity index (χ3n) is 4.84. The molecule has 24 heavy (non-hydrogen) atoms. The van der Waals surface area contributed by atoms with E-state index in [9.17, 15) is 14.4 Å². The minimum Gasteiger partial charge on any atom is -0.349 e. The lowest BCUT2D eigenvalue weighted by atomic mass is 9.68. The molecule has 2 fully saturated rings. The van der Waals surface area contributed by atoms with E-state index in [1.165, 1.54) is 6.08 Å². The molecule has 1 saturated carbocycles. The van der Waals surface area contributed by atoms with Crippen LogP contribution in [0.4, 0.5) is 5.69 Å². The number of rotatable bonds is 4. The van der Waals surface area contributed by atoms with Gasteiger partial charge in [-0.2, -0.15) is 0 Å². The van der Waals surface area contributed by atoms with Gasteiger partial charge in [-0.3, -0.25) is 14.4 Å². The Kier molecular flexibility index (Phi) is 4.38. The molecule has 1 heterocycles. The molecule has 126 valence electrons. The Morgan fingerprint density at radius 2 is 2.12 bits per heavy atom. The SMILES string of the molecule is C=CC(=O)Nc1cccc(C(=O)NC2CCC(=O)NC23CCC3)c1. The van der Waals surface area contributed by atoms with Crippen LogP contribution in [-0.2, 0) is 9.59 Å². The molecule has 1 aromatic carbocycles. The van der Waals surface area contributed by atoms with Crippen molar-refractivity contribution in [3.63, 3.8) is 0 Å². The molecule has 2 aliphatic rings. The van der Waals surface area contributed by atoms with E-state index in [2.05, 4.69) is 22.5 Å². The van der Waals surface area contributed by atoms with Gasteiger partial charge in [-0.15, -0.1) is 0 Å². The van der Waals surface area contributed by atoms with Gasteiger partial charge < -0.3 is 16.0 Å². The normalized spacial score (nSPS) is 21.3. The van der Waals surface area contributed by atoms with Crippen molar-refractivity contribution in [3.05, 3.63) is 42.5 Å². The van der Waals surface area contributed by atoms with Gasteiger partial charge in [0.25, 0.3) is 5.91 Å². The largest absolute Gasteiger partial charge is 0.349 e. The van der Waals surface area contributed by atoms with Gasteiger partial charge in [0.2, 0.25) is 11.8 Å². The molecule has 1 aliphatic heterocycles. The molecule has 1 aliphatic carbocycles. The summed E-state index contributed by atoms with van der Waals surface area (Å²) in [6, 6.07) is 6.71. The van der Waals surface area contributed by atoms with Crippen molar-refractivity contribution in [2.45, 2.75) is 43.7 Å². The maximum absolute atomic E-state index is 12.6. The van der Waals surface area contributed by atoms with Crippen LogP contribution in [0.1, 0.15) is 42.5 Å². The third kappa shape index (κ3) is 3.18. The van der Waals surface area contributed by atoms with Gasteiger partial charge in [0.1, 0.15) is 0 Å². The molecule has 3 amide bonds. The first-order valence-corrected chi connectivity index (χ1v) is 8.18. The van der Waals surface area contributed by atoms with Crippen molar-refractivity contribution in [1.82, 2.24) is 10.6 Å². The van der Waals surface area contributed by atoms with Crippen LogP contribution in [-0.4, -0.2) is 29.3 Å². The summed E-state index contributed by atoms with van der Waals surface area (Å²) < 4.78 is 0. The van der Waals surface area contributed by atoms with Crippen molar-refractivity contribution >= 4 is 23.4 Å². The number of hydrogen-bond acceptors (Lipinski definition) is 3. The fourth-order valence-electron chi connectivity index (χ4n) is 3.39. The highest BCUT2D eigenvalue weighted by atomic mass is 16.2. The van der Waals surface area contributed by atoms with Crippen LogP contribution in [0.15, 0.2) is 36.9 Å². The topological polar surface area (TPSA) is 87.3 Å². The van der Waals surface area contributed by atoms with E-state index in [0.29, 0.717) is 24.1 Å². The minimum absolute atomic E-state index is 0.0529. The highest BCUT2D eigenvalue weighted by molar-refractivity contribution is 6.01. The van der Waals surface area contributed by atoms with E-state index in [0.717, 1.165) is 19.3 Å². The summed E-state index contributed by atoms with van der Waals surface area (Å²) in [6.45, 7) is 3.40. The molecule has 3 N–H and O–H groups in total. The lowest BCUT2D eigenvalue weighted by Gasteiger charge is -2.50. The van der Waals surface area contributed by atoms with Gasteiger partial charge in [0, 0.05) is 17.7 Å². The fraction of sp³-hybridized carbons (Fsp3) is 0.389. The van der Waals surface area contributed by atoms with E-state index in [1.54, 1.807) is 24.3 Å². The molecular weight excluding hydrogens is 306 g/mol. The Hall–Kier alpha value is -2.63. The Labute approximate surface area is 140 Å². The maximum Gasteiger partial charge on any atom is 0.251 e. The molecule has 6 heteroatoms. The first-order chi connectivity index (χ1) is 11.5. The zero-order valence-corrected chi connectivity index (χ0v) is 13.4. The summed E-state index contributed by atoms with van der Waals surface area (Å²) in [6.07, 6.45) is 5.14. The summed E-state index contributed by atoms with van der Waals surface area (Å²) in [5, 5.41) is 8.76. The molecule has 3 rings (SSSR count). The molecule has 1 saturated heterocycles. The molecule has 0 bridgehead atoms. The molecule has 0 aromatic heterocycles. The number of carbonyl (C=O) groups excluding carboxylic acids is 3. The minimum atomic E-state index is -0.323. The summed E-state index contributed by atoms with van der Waals surface area (Å²) in [5.41, 5.74) is 0.741. The average molecular weight is 327 g/mol. The number of piperidine rings is 1. The van der Waals surface area contributed by atoms with Crippen LogP contribution in [0.5, 0.6) is 0 Å². The fourth-order valence-corrected chi connectivity index (χ4v) is 3.39. The number of benzene rings is 1. The monoisotopic (exact) mass is 327 g/mol. The van der Waals surface area contributed by atoms with Crippen LogP contribution in [0, 0.1) is 0 Å². The van der Waals surface area contributed by atoms with Gasteiger partial charge in [-0.25, -0.2) is 0 Å². The highest BCUT2D eigenvalue weighted by Crippen LogP contribution is 2.39. The summed E-state index contributed by atoms with van der Waals surface area (Å²) in [5.74, 6) is -0.456. The van der Waals surface area contributed by atoms with Crippen LogP contribution in [0.3, 0.4) is 0 Å². The van der Waals surface area contributed by atoms with Gasteiger partial charge in [0.15, 0.2) is 0 Å². The maximum atomic E-state index is 12.6.